The van der Waals surface area contributed by atoms with Crippen LogP contribution in [-0.4, -0.2) is 6.88 Å². The number of benzene rings is 4. The van der Waals surface area contributed by atoms with E-state index in [1.165, 1.54) is 97.5 Å². The maximum atomic E-state index is 3.06. The minimum absolute atomic E-state index is 0. The van der Waals surface area contributed by atoms with Crippen molar-refractivity contribution in [2.24, 2.45) is 0 Å². The fraction of sp³-hybridized carbons (Fsp3) is 0.143. The van der Waals surface area contributed by atoms with Crippen LogP contribution in [0.4, 0.5) is 0 Å². The molecule has 188 valence electrons. The zero-order valence-corrected chi connectivity index (χ0v) is 26.1. The number of hydrogen-bond acceptors (Lipinski definition) is 0. The van der Waals surface area contributed by atoms with Crippen LogP contribution in [0, 0.1) is 13.8 Å². The second-order valence-corrected chi connectivity index (χ2v) is 9.85. The first-order valence-corrected chi connectivity index (χ1v) is 17.1. The summed E-state index contributed by atoms with van der Waals surface area (Å²) in [6.07, 6.45) is 3.79. The summed E-state index contributed by atoms with van der Waals surface area (Å²) in [5, 5.41) is 5.53. The molecule has 6 aromatic rings. The molecule has 3 heteroatoms. The van der Waals surface area contributed by atoms with Gasteiger partial charge in [-0.2, -0.15) is 12.1 Å². The molecule has 0 amide bonds. The van der Waals surface area contributed by atoms with Crippen molar-refractivity contribution in [1.82, 2.24) is 0 Å². The summed E-state index contributed by atoms with van der Waals surface area (Å²) in [6.45, 7) is 7.40. The van der Waals surface area contributed by atoms with E-state index in [4.69, 9.17) is 0 Å². The van der Waals surface area contributed by atoms with Crippen LogP contribution in [0.5, 0.6) is 0 Å². The zero-order valence-electron chi connectivity index (χ0n) is 21.9. The van der Waals surface area contributed by atoms with Gasteiger partial charge in [-0.05, 0) is 30.4 Å². The third-order valence-corrected chi connectivity index (χ3v) is 7.27. The van der Waals surface area contributed by atoms with Crippen LogP contribution in [0.25, 0.3) is 43.8 Å². The third-order valence-electron chi connectivity index (χ3n) is 7.27. The Kier molecular flexibility index (Phi) is 9.77. The van der Waals surface area contributed by atoms with Crippen LogP contribution in [0.1, 0.15) is 28.7 Å². The predicted octanol–water partition coefficient (Wildman–Crippen LogP) is 6.18. The normalized spacial score (nSPS) is 11.6. The van der Waals surface area contributed by atoms with Crippen LogP contribution >= 0.6 is 0 Å². The first-order chi connectivity index (χ1) is 18.2. The molecule has 0 fully saturated rings. The van der Waals surface area contributed by atoms with E-state index < -0.39 is 0 Å². The van der Waals surface area contributed by atoms with Crippen LogP contribution in [0.3, 0.4) is 0 Å². The molecular formula is C35H30ClSiZr-3. The summed E-state index contributed by atoms with van der Waals surface area (Å²) in [7, 11) is 0. The Balaban J connectivity index is 0.000000164. The van der Waals surface area contributed by atoms with Crippen LogP contribution in [0.2, 0.25) is 0 Å². The van der Waals surface area contributed by atoms with Gasteiger partial charge in [0.05, 0.1) is 0 Å². The molecule has 0 N–H and O–H groups in total. The third kappa shape index (κ3) is 5.89. The van der Waals surface area contributed by atoms with Crippen molar-refractivity contribution in [3.63, 3.8) is 0 Å². The number of rotatable bonds is 2. The quantitative estimate of drug-likeness (QED) is 0.164. The predicted molar refractivity (Wildman–Crippen MR) is 157 cm³/mol. The van der Waals surface area contributed by atoms with E-state index in [-0.39, 0.29) is 12.4 Å². The average molecular weight is 605 g/mol. The van der Waals surface area contributed by atoms with Crippen molar-refractivity contribution < 1.29 is 35.7 Å². The second-order valence-electron chi connectivity index (χ2n) is 9.85. The first kappa shape index (κ1) is 28.5. The Morgan fingerprint density at radius 2 is 1.24 bits per heavy atom. The first-order valence-electron chi connectivity index (χ1n) is 12.9. The molecule has 2 radical (unpaired) electrons. The van der Waals surface area contributed by atoms with E-state index in [1.54, 1.807) is 11.1 Å². The zero-order chi connectivity index (χ0) is 25.8. The van der Waals surface area contributed by atoms with Crippen LogP contribution < -0.4 is 12.4 Å². The molecule has 0 bridgehead atoms. The number of fused-ring (bicyclic) bond motifs is 3. The van der Waals surface area contributed by atoms with Gasteiger partial charge in [-0.25, -0.2) is 0 Å². The molecule has 6 aromatic carbocycles. The van der Waals surface area contributed by atoms with Crippen molar-refractivity contribution in [1.29, 1.82) is 0 Å². The van der Waals surface area contributed by atoms with Gasteiger partial charge in [0.1, 0.15) is 0 Å². The van der Waals surface area contributed by atoms with Gasteiger partial charge in [0.2, 0.25) is 0 Å². The van der Waals surface area contributed by atoms with Gasteiger partial charge < -0.3 is 12.4 Å². The van der Waals surface area contributed by atoms with Gasteiger partial charge in [0, 0.05) is 0 Å². The van der Waals surface area contributed by atoms with Crippen molar-refractivity contribution in [3.05, 3.63) is 131 Å². The minimum atomic E-state index is 0. The summed E-state index contributed by atoms with van der Waals surface area (Å²) in [5.74, 6) is 0. The van der Waals surface area contributed by atoms with E-state index in [1.807, 2.05) is 0 Å². The molecule has 0 aromatic heterocycles. The summed E-state index contributed by atoms with van der Waals surface area (Å²) < 4.78 is 0. The molecular weight excluding hydrogens is 575 g/mol. The van der Waals surface area contributed by atoms with Crippen molar-refractivity contribution in [2.45, 2.75) is 33.1 Å². The molecule has 0 atom stereocenters. The van der Waals surface area contributed by atoms with Gasteiger partial charge in [-0.15, -0.1) is 63.0 Å². The summed E-state index contributed by atoms with van der Waals surface area (Å²) in [4.78, 5) is 0. The molecule has 0 unspecified atom stereocenters. The number of aryl methyl sites for hydroxylation is 3. The maximum absolute atomic E-state index is 3.06. The fourth-order valence-corrected chi connectivity index (χ4v) is 5.76. The van der Waals surface area contributed by atoms with E-state index in [0.717, 1.165) is 0 Å². The summed E-state index contributed by atoms with van der Waals surface area (Å²) >= 11 is 1.36. The van der Waals surface area contributed by atoms with Crippen molar-refractivity contribution in [3.8, 4) is 22.3 Å². The van der Waals surface area contributed by atoms with E-state index in [2.05, 4.69) is 130 Å². The molecule has 1 aliphatic carbocycles. The van der Waals surface area contributed by atoms with Gasteiger partial charge in [0.25, 0.3) is 0 Å². The molecule has 1 aliphatic rings. The van der Waals surface area contributed by atoms with Crippen LogP contribution in [0.15, 0.2) is 109 Å². The topological polar surface area (TPSA) is 0 Å². The van der Waals surface area contributed by atoms with Gasteiger partial charge >= 0.3 is 30.2 Å². The van der Waals surface area contributed by atoms with E-state index in [0.29, 0.717) is 0 Å². The fourth-order valence-electron chi connectivity index (χ4n) is 5.76. The van der Waals surface area contributed by atoms with E-state index in [9.17, 15) is 0 Å². The van der Waals surface area contributed by atoms with Gasteiger partial charge in [-0.1, -0.05) is 103 Å². The van der Waals surface area contributed by atoms with Crippen molar-refractivity contribution >= 4 is 28.4 Å². The summed E-state index contributed by atoms with van der Waals surface area (Å²) in [5.41, 5.74) is 11.3. The molecule has 0 heterocycles. The number of hydrogen-bond donors (Lipinski definition) is 0. The Morgan fingerprint density at radius 1 is 0.632 bits per heavy atom. The van der Waals surface area contributed by atoms with Crippen LogP contribution in [-0.2, 0) is 36.2 Å². The SMILES string of the molecule is Cc1cc2c(-c3ccccc3)c3c(cc2[cH-]1)CCC3.Cc1cc2c(-c3ccccc3)cccc2[cH-]1.[Cl-].[Si]=[Zr]. The molecule has 0 spiro atoms. The molecule has 0 saturated heterocycles. The summed E-state index contributed by atoms with van der Waals surface area (Å²) in [6, 6.07) is 39.5. The molecule has 0 nitrogen and oxygen atoms in total. The molecule has 0 saturated carbocycles. The molecule has 0 aliphatic heterocycles. The van der Waals surface area contributed by atoms with Gasteiger partial charge in [-0.3, -0.25) is 0 Å². The molecule has 7 rings (SSSR count). The Labute approximate surface area is 249 Å². The standard InChI is InChI=1S/C19H17.C16H13.ClH.Si.Zr/c1-13-10-16-12-15-8-5-9-17(15)19(18(16)11-13)14-6-3-2-4-7-14;1-12-10-14-8-5-9-15(16(14)11-12)13-6-3-2-4-7-13;;;/h2-4,6-7,10-12H,5,8-9H2,1H3;2-11H,1H3;1H;;/q2*-1;;;/p-1. The second kappa shape index (κ2) is 13.0. The Morgan fingerprint density at radius 3 is 1.92 bits per heavy atom. The van der Waals surface area contributed by atoms with E-state index >= 15 is 0 Å². The average Bonchev–Trinajstić information content (AvgIpc) is 3.66. The van der Waals surface area contributed by atoms with Crippen molar-refractivity contribution in [2.75, 3.05) is 0 Å². The number of halogens is 1. The Bertz CT molecular complexity index is 1640. The molecule has 38 heavy (non-hydrogen) atoms. The Hall–Kier alpha value is -2.51. The monoisotopic (exact) mass is 603 g/mol. The van der Waals surface area contributed by atoms with Gasteiger partial charge in [0.15, 0.2) is 0 Å².